The molecular weight excluding hydrogens is 332 g/mol. The van der Waals surface area contributed by atoms with E-state index in [1.165, 1.54) is 0 Å². The van der Waals surface area contributed by atoms with Crippen LogP contribution in [0.15, 0.2) is 23.1 Å². The molecule has 1 aliphatic rings. The minimum Gasteiger partial charge on any atom is -0.376 e. The normalized spacial score (nSPS) is 16.8. The molecule has 1 atom stereocenters. The third-order valence-corrected chi connectivity index (χ3v) is 4.74. The number of nitrogens with one attached hydrogen (secondary N) is 1. The van der Waals surface area contributed by atoms with E-state index in [1.54, 1.807) is 17.7 Å². The highest BCUT2D eigenvalue weighted by molar-refractivity contribution is 5.95. The Hall–Kier alpha value is -2.41. The van der Waals surface area contributed by atoms with Crippen molar-refractivity contribution in [2.75, 3.05) is 13.2 Å². The zero-order chi connectivity index (χ0) is 18.7. The van der Waals surface area contributed by atoms with Gasteiger partial charge in [-0.15, -0.1) is 0 Å². The highest BCUT2D eigenvalue weighted by atomic mass is 16.5. The number of ether oxygens (including phenoxy) is 1. The molecule has 7 heteroatoms. The van der Waals surface area contributed by atoms with Crippen LogP contribution in [0, 0.1) is 20.8 Å². The van der Waals surface area contributed by atoms with Gasteiger partial charge in [0.1, 0.15) is 5.56 Å². The Bertz CT molecular complexity index is 847. The predicted molar refractivity (Wildman–Crippen MR) is 98.4 cm³/mol. The Morgan fingerprint density at radius 2 is 2.19 bits per heavy atom. The van der Waals surface area contributed by atoms with Crippen molar-refractivity contribution in [3.63, 3.8) is 0 Å². The van der Waals surface area contributed by atoms with E-state index in [4.69, 9.17) is 4.74 Å². The van der Waals surface area contributed by atoms with E-state index in [-0.39, 0.29) is 23.1 Å². The third-order valence-electron chi connectivity index (χ3n) is 4.74. The number of hydrogen-bond acceptors (Lipinski definition) is 4. The van der Waals surface area contributed by atoms with E-state index in [2.05, 4.69) is 10.4 Å². The van der Waals surface area contributed by atoms with Gasteiger partial charge in [0.15, 0.2) is 0 Å². The average Bonchev–Trinajstić information content (AvgIpc) is 3.20. The molecule has 1 N–H and O–H groups in total. The molecule has 3 heterocycles. The summed E-state index contributed by atoms with van der Waals surface area (Å²) in [7, 11) is 0. The summed E-state index contributed by atoms with van der Waals surface area (Å²) in [6, 6.07) is 3.80. The van der Waals surface area contributed by atoms with Gasteiger partial charge in [0, 0.05) is 25.0 Å². The summed E-state index contributed by atoms with van der Waals surface area (Å²) >= 11 is 0. The van der Waals surface area contributed by atoms with Gasteiger partial charge in [-0.2, -0.15) is 5.10 Å². The van der Waals surface area contributed by atoms with Crippen molar-refractivity contribution in [3.8, 4) is 0 Å². The molecule has 1 saturated heterocycles. The predicted octanol–water partition coefficient (Wildman–Crippen LogP) is 1.58. The first-order valence-electron chi connectivity index (χ1n) is 9.06. The maximum absolute atomic E-state index is 12.7. The Labute approximate surface area is 153 Å². The Balaban J connectivity index is 1.67. The van der Waals surface area contributed by atoms with Crippen LogP contribution in [0.2, 0.25) is 0 Å². The van der Waals surface area contributed by atoms with E-state index < -0.39 is 0 Å². The van der Waals surface area contributed by atoms with Crippen LogP contribution >= 0.6 is 0 Å². The average molecular weight is 358 g/mol. The smallest absolute Gasteiger partial charge is 0.263 e. The maximum Gasteiger partial charge on any atom is 0.263 e. The van der Waals surface area contributed by atoms with Crippen LogP contribution in [0.4, 0.5) is 0 Å². The van der Waals surface area contributed by atoms with Crippen LogP contribution in [0.5, 0.6) is 0 Å². The number of aromatic nitrogens is 3. The van der Waals surface area contributed by atoms with E-state index in [0.717, 1.165) is 30.8 Å². The number of rotatable bonds is 6. The molecule has 2 aromatic rings. The first kappa shape index (κ1) is 18.4. The Morgan fingerprint density at radius 3 is 2.85 bits per heavy atom. The summed E-state index contributed by atoms with van der Waals surface area (Å²) in [6.45, 7) is 7.92. The second-order valence-electron chi connectivity index (χ2n) is 6.87. The molecule has 140 valence electrons. The standard InChI is InChI=1S/C19H26N4O3/c1-13-6-8-22(12-16-5-4-10-26-16)19(25)17(13)18(24)20-7-9-23-15(3)11-14(2)21-23/h6,8,11,16H,4-5,7,9-10,12H2,1-3H3,(H,20,24). The molecule has 0 saturated carbocycles. The highest BCUT2D eigenvalue weighted by Gasteiger charge is 2.20. The molecule has 3 rings (SSSR count). The first-order valence-corrected chi connectivity index (χ1v) is 9.06. The van der Waals surface area contributed by atoms with Crippen molar-refractivity contribution in [3.05, 3.63) is 51.2 Å². The van der Waals surface area contributed by atoms with Crippen molar-refractivity contribution in [2.24, 2.45) is 0 Å². The van der Waals surface area contributed by atoms with Crippen molar-refractivity contribution in [1.82, 2.24) is 19.7 Å². The summed E-state index contributed by atoms with van der Waals surface area (Å²) in [5.41, 5.74) is 2.63. The monoisotopic (exact) mass is 358 g/mol. The van der Waals surface area contributed by atoms with E-state index in [0.29, 0.717) is 25.2 Å². The lowest BCUT2D eigenvalue weighted by molar-refractivity contribution is 0.0929. The molecule has 2 aromatic heterocycles. The van der Waals surface area contributed by atoms with E-state index in [9.17, 15) is 9.59 Å². The molecule has 7 nitrogen and oxygen atoms in total. The van der Waals surface area contributed by atoms with Crippen LogP contribution in [0.25, 0.3) is 0 Å². The summed E-state index contributed by atoms with van der Waals surface area (Å²) in [6.07, 6.45) is 3.76. The molecule has 1 aliphatic heterocycles. The van der Waals surface area contributed by atoms with Crippen molar-refractivity contribution in [1.29, 1.82) is 0 Å². The largest absolute Gasteiger partial charge is 0.376 e. The van der Waals surface area contributed by atoms with Crippen LogP contribution in [0.1, 0.15) is 40.2 Å². The lowest BCUT2D eigenvalue weighted by Crippen LogP contribution is -2.36. The molecule has 26 heavy (non-hydrogen) atoms. The summed E-state index contributed by atoms with van der Waals surface area (Å²) in [5, 5.41) is 7.21. The van der Waals surface area contributed by atoms with Crippen LogP contribution in [-0.4, -0.2) is 39.5 Å². The second kappa shape index (κ2) is 7.86. The molecule has 0 bridgehead atoms. The van der Waals surface area contributed by atoms with Gasteiger partial charge in [-0.1, -0.05) is 0 Å². The molecule has 0 aliphatic carbocycles. The molecule has 1 amide bonds. The lowest BCUT2D eigenvalue weighted by atomic mass is 10.1. The number of pyridine rings is 1. The van der Waals surface area contributed by atoms with Crippen LogP contribution in [-0.2, 0) is 17.8 Å². The van der Waals surface area contributed by atoms with Gasteiger partial charge in [0.05, 0.1) is 24.9 Å². The number of carbonyl (C=O) groups excluding carboxylic acids is 1. The fraction of sp³-hybridized carbons (Fsp3) is 0.526. The lowest BCUT2D eigenvalue weighted by Gasteiger charge is -2.14. The minimum atomic E-state index is -0.337. The zero-order valence-corrected chi connectivity index (χ0v) is 15.6. The van der Waals surface area contributed by atoms with Gasteiger partial charge in [-0.25, -0.2) is 0 Å². The molecular formula is C19H26N4O3. The molecule has 1 fully saturated rings. The van der Waals surface area contributed by atoms with Gasteiger partial charge >= 0.3 is 0 Å². The second-order valence-corrected chi connectivity index (χ2v) is 6.87. The Morgan fingerprint density at radius 1 is 1.38 bits per heavy atom. The molecule has 0 spiro atoms. The summed E-state index contributed by atoms with van der Waals surface area (Å²) < 4.78 is 9.03. The fourth-order valence-corrected chi connectivity index (χ4v) is 3.36. The van der Waals surface area contributed by atoms with Crippen LogP contribution < -0.4 is 10.9 Å². The number of aryl methyl sites for hydroxylation is 3. The third kappa shape index (κ3) is 4.04. The van der Waals surface area contributed by atoms with Gasteiger partial charge in [-0.05, 0) is 51.3 Å². The minimum absolute atomic E-state index is 0.0531. The van der Waals surface area contributed by atoms with Gasteiger partial charge in [0.2, 0.25) is 0 Å². The van der Waals surface area contributed by atoms with E-state index in [1.807, 2.05) is 30.7 Å². The van der Waals surface area contributed by atoms with Gasteiger partial charge < -0.3 is 14.6 Å². The topological polar surface area (TPSA) is 78.1 Å². The summed E-state index contributed by atoms with van der Waals surface area (Å²) in [4.78, 5) is 25.3. The quantitative estimate of drug-likeness (QED) is 0.850. The van der Waals surface area contributed by atoms with Crippen molar-refractivity contribution < 1.29 is 9.53 Å². The molecule has 0 aromatic carbocycles. The van der Waals surface area contributed by atoms with Gasteiger partial charge in [-0.3, -0.25) is 14.3 Å². The Kier molecular flexibility index (Phi) is 5.56. The molecule has 0 radical (unpaired) electrons. The van der Waals surface area contributed by atoms with E-state index >= 15 is 0 Å². The maximum atomic E-state index is 12.7. The number of carbonyl (C=O) groups is 1. The molecule has 1 unspecified atom stereocenters. The fourth-order valence-electron chi connectivity index (χ4n) is 3.36. The number of amides is 1. The zero-order valence-electron chi connectivity index (χ0n) is 15.6. The van der Waals surface area contributed by atoms with Crippen LogP contribution in [0.3, 0.4) is 0 Å². The number of hydrogen-bond donors (Lipinski definition) is 1. The first-order chi connectivity index (χ1) is 12.5. The highest BCUT2D eigenvalue weighted by Crippen LogP contribution is 2.13. The summed E-state index contributed by atoms with van der Waals surface area (Å²) in [5.74, 6) is -0.337. The number of nitrogens with zero attached hydrogens (tertiary/aromatic N) is 3. The SMILES string of the molecule is Cc1cc(C)n(CCNC(=O)c2c(C)ccn(CC3CCCO3)c2=O)n1. The van der Waals surface area contributed by atoms with Crippen molar-refractivity contribution >= 4 is 5.91 Å². The van der Waals surface area contributed by atoms with Gasteiger partial charge in [0.25, 0.3) is 11.5 Å². The van der Waals surface area contributed by atoms with Crippen molar-refractivity contribution in [2.45, 2.75) is 52.8 Å².